The fourth-order valence-electron chi connectivity index (χ4n) is 2.81. The van der Waals surface area contributed by atoms with Gasteiger partial charge in [0.15, 0.2) is 5.65 Å². The molecule has 2 aromatic heterocycles. The zero-order valence-electron chi connectivity index (χ0n) is 12.9. The van der Waals surface area contributed by atoms with Crippen LogP contribution in [0.3, 0.4) is 0 Å². The minimum absolute atomic E-state index is 0.215. The highest BCUT2D eigenvalue weighted by Gasteiger charge is 2.16. The molecule has 0 saturated heterocycles. The third-order valence-corrected chi connectivity index (χ3v) is 3.92. The third kappa shape index (κ3) is 2.28. The molecule has 1 aliphatic heterocycles. The first-order chi connectivity index (χ1) is 11.1. The quantitative estimate of drug-likeness (QED) is 0.791. The SMILES string of the molecule is Cc1cc(C)n2ncc(C(=O)Nc3ccc4c(c3)C=NC4)c2n1. The van der Waals surface area contributed by atoms with Crippen molar-refractivity contribution in [2.75, 3.05) is 5.32 Å². The Hall–Kier alpha value is -3.02. The fourth-order valence-corrected chi connectivity index (χ4v) is 2.81. The maximum Gasteiger partial charge on any atom is 0.261 e. The summed E-state index contributed by atoms with van der Waals surface area (Å²) < 4.78 is 1.68. The maximum absolute atomic E-state index is 12.6. The molecule has 1 aromatic carbocycles. The molecule has 23 heavy (non-hydrogen) atoms. The summed E-state index contributed by atoms with van der Waals surface area (Å²) in [6.07, 6.45) is 3.38. The Labute approximate surface area is 132 Å². The van der Waals surface area contributed by atoms with E-state index in [-0.39, 0.29) is 5.91 Å². The lowest BCUT2D eigenvalue weighted by Gasteiger charge is -2.06. The molecule has 1 aliphatic rings. The Bertz CT molecular complexity index is 971. The number of carbonyl (C=O) groups is 1. The van der Waals surface area contributed by atoms with E-state index in [4.69, 9.17) is 0 Å². The Morgan fingerprint density at radius 2 is 2.13 bits per heavy atom. The van der Waals surface area contributed by atoms with Crippen LogP contribution in [-0.4, -0.2) is 26.7 Å². The van der Waals surface area contributed by atoms with Crippen LogP contribution in [0.5, 0.6) is 0 Å². The molecule has 0 aliphatic carbocycles. The van der Waals surface area contributed by atoms with Crippen LogP contribution in [0.15, 0.2) is 35.5 Å². The van der Waals surface area contributed by atoms with E-state index in [0.29, 0.717) is 17.8 Å². The van der Waals surface area contributed by atoms with Crippen molar-refractivity contribution in [1.29, 1.82) is 0 Å². The minimum Gasteiger partial charge on any atom is -0.322 e. The molecule has 0 bridgehead atoms. The summed E-state index contributed by atoms with van der Waals surface area (Å²) in [7, 11) is 0. The molecule has 0 atom stereocenters. The standard InChI is InChI=1S/C17H15N5O/c1-10-5-11(2)22-16(20-10)15(9-19-22)17(23)21-14-4-3-12-7-18-8-13(12)6-14/h3-6,8-9H,7H2,1-2H3,(H,21,23). The molecule has 0 spiro atoms. The molecule has 1 amide bonds. The van der Waals surface area contributed by atoms with Gasteiger partial charge in [-0.15, -0.1) is 0 Å². The first kappa shape index (κ1) is 13.6. The molecule has 3 aromatic rings. The van der Waals surface area contributed by atoms with E-state index >= 15 is 0 Å². The van der Waals surface area contributed by atoms with Gasteiger partial charge < -0.3 is 5.32 Å². The van der Waals surface area contributed by atoms with Gasteiger partial charge in [0.25, 0.3) is 5.91 Å². The maximum atomic E-state index is 12.6. The van der Waals surface area contributed by atoms with Crippen molar-refractivity contribution < 1.29 is 4.79 Å². The van der Waals surface area contributed by atoms with E-state index in [0.717, 1.165) is 22.6 Å². The average molecular weight is 305 g/mol. The average Bonchev–Trinajstić information content (AvgIpc) is 3.12. The van der Waals surface area contributed by atoms with Gasteiger partial charge in [-0.3, -0.25) is 9.79 Å². The predicted octanol–water partition coefficient (Wildman–Crippen LogP) is 2.53. The topological polar surface area (TPSA) is 71.7 Å². The first-order valence-electron chi connectivity index (χ1n) is 7.38. The number of hydrogen-bond acceptors (Lipinski definition) is 4. The van der Waals surface area contributed by atoms with Crippen LogP contribution in [0.25, 0.3) is 5.65 Å². The number of nitrogens with one attached hydrogen (secondary N) is 1. The van der Waals surface area contributed by atoms with Crippen LogP contribution in [0.4, 0.5) is 5.69 Å². The molecule has 6 heteroatoms. The monoisotopic (exact) mass is 305 g/mol. The molecule has 0 unspecified atom stereocenters. The summed E-state index contributed by atoms with van der Waals surface area (Å²) in [5.74, 6) is -0.215. The van der Waals surface area contributed by atoms with Crippen LogP contribution in [0.1, 0.15) is 32.9 Å². The number of aromatic nitrogens is 3. The first-order valence-corrected chi connectivity index (χ1v) is 7.38. The lowest BCUT2D eigenvalue weighted by Crippen LogP contribution is -2.12. The van der Waals surface area contributed by atoms with E-state index in [1.165, 1.54) is 5.56 Å². The van der Waals surface area contributed by atoms with E-state index in [2.05, 4.69) is 20.4 Å². The van der Waals surface area contributed by atoms with Crippen molar-refractivity contribution in [3.05, 3.63) is 58.5 Å². The minimum atomic E-state index is -0.215. The van der Waals surface area contributed by atoms with Gasteiger partial charge in [-0.2, -0.15) is 5.10 Å². The van der Waals surface area contributed by atoms with Crippen LogP contribution >= 0.6 is 0 Å². The van der Waals surface area contributed by atoms with E-state index < -0.39 is 0 Å². The zero-order valence-corrected chi connectivity index (χ0v) is 12.9. The Kier molecular flexibility index (Phi) is 2.97. The number of benzene rings is 1. The van der Waals surface area contributed by atoms with Crippen molar-refractivity contribution in [1.82, 2.24) is 14.6 Å². The normalized spacial score (nSPS) is 12.6. The summed E-state index contributed by atoms with van der Waals surface area (Å²) in [5.41, 5.74) is 5.80. The molecule has 0 radical (unpaired) electrons. The number of rotatable bonds is 2. The van der Waals surface area contributed by atoms with Crippen molar-refractivity contribution in [2.45, 2.75) is 20.4 Å². The highest BCUT2D eigenvalue weighted by atomic mass is 16.1. The third-order valence-electron chi connectivity index (χ3n) is 3.92. The largest absolute Gasteiger partial charge is 0.322 e. The van der Waals surface area contributed by atoms with Gasteiger partial charge in [0.05, 0.1) is 12.7 Å². The Balaban J connectivity index is 1.68. The fraction of sp³-hybridized carbons (Fsp3) is 0.176. The van der Waals surface area contributed by atoms with Gasteiger partial charge in [0, 0.05) is 23.3 Å². The van der Waals surface area contributed by atoms with Crippen molar-refractivity contribution >= 4 is 23.5 Å². The molecule has 0 saturated carbocycles. The summed E-state index contributed by atoms with van der Waals surface area (Å²) in [6.45, 7) is 4.55. The van der Waals surface area contributed by atoms with Crippen LogP contribution in [0.2, 0.25) is 0 Å². The van der Waals surface area contributed by atoms with Gasteiger partial charge in [0.2, 0.25) is 0 Å². The molecule has 1 N–H and O–H groups in total. The zero-order chi connectivity index (χ0) is 16.0. The summed E-state index contributed by atoms with van der Waals surface area (Å²) in [5, 5.41) is 7.16. The van der Waals surface area contributed by atoms with E-state index in [1.807, 2.05) is 44.3 Å². The highest BCUT2D eigenvalue weighted by Crippen LogP contribution is 2.20. The molecule has 6 nitrogen and oxygen atoms in total. The molecule has 4 rings (SSSR count). The van der Waals surface area contributed by atoms with Gasteiger partial charge in [-0.1, -0.05) is 6.07 Å². The van der Waals surface area contributed by atoms with E-state index in [9.17, 15) is 4.79 Å². The van der Waals surface area contributed by atoms with Gasteiger partial charge in [-0.05, 0) is 43.2 Å². The van der Waals surface area contributed by atoms with Crippen LogP contribution in [0, 0.1) is 13.8 Å². The lowest BCUT2D eigenvalue weighted by molar-refractivity contribution is 0.102. The van der Waals surface area contributed by atoms with E-state index in [1.54, 1.807) is 10.7 Å². The number of hydrogen-bond donors (Lipinski definition) is 1. The Morgan fingerprint density at radius 1 is 1.26 bits per heavy atom. The molecule has 0 fully saturated rings. The van der Waals surface area contributed by atoms with Crippen molar-refractivity contribution in [2.24, 2.45) is 4.99 Å². The second-order valence-electron chi connectivity index (χ2n) is 5.67. The predicted molar refractivity (Wildman–Crippen MR) is 88.2 cm³/mol. The van der Waals surface area contributed by atoms with Gasteiger partial charge >= 0.3 is 0 Å². The van der Waals surface area contributed by atoms with Crippen LogP contribution in [-0.2, 0) is 6.54 Å². The molecule has 3 heterocycles. The number of aryl methyl sites for hydroxylation is 2. The van der Waals surface area contributed by atoms with Gasteiger partial charge in [-0.25, -0.2) is 9.50 Å². The number of amides is 1. The second kappa shape index (κ2) is 5.01. The smallest absolute Gasteiger partial charge is 0.261 e. The molecular formula is C17H15N5O. The highest BCUT2D eigenvalue weighted by molar-refractivity contribution is 6.08. The molecular weight excluding hydrogens is 290 g/mol. The Morgan fingerprint density at radius 3 is 3.00 bits per heavy atom. The second-order valence-corrected chi connectivity index (χ2v) is 5.67. The lowest BCUT2D eigenvalue weighted by atomic mass is 10.1. The van der Waals surface area contributed by atoms with Crippen molar-refractivity contribution in [3.63, 3.8) is 0 Å². The number of fused-ring (bicyclic) bond motifs is 2. The number of nitrogens with zero attached hydrogens (tertiary/aromatic N) is 4. The molecule has 114 valence electrons. The number of anilines is 1. The summed E-state index contributed by atoms with van der Waals surface area (Å²) in [4.78, 5) is 21.2. The van der Waals surface area contributed by atoms with Crippen LogP contribution < -0.4 is 5.32 Å². The van der Waals surface area contributed by atoms with Crippen molar-refractivity contribution in [3.8, 4) is 0 Å². The van der Waals surface area contributed by atoms with Gasteiger partial charge in [0.1, 0.15) is 5.56 Å². The number of aliphatic imine (C=N–C) groups is 1. The summed E-state index contributed by atoms with van der Waals surface area (Å²) >= 11 is 0. The summed E-state index contributed by atoms with van der Waals surface area (Å²) in [6, 6.07) is 7.74. The number of carbonyl (C=O) groups excluding carboxylic acids is 1.